The number of likely N-dealkylation sites (tertiary alicyclic amines) is 1. The van der Waals surface area contributed by atoms with Crippen LogP contribution in [0.3, 0.4) is 0 Å². The lowest BCUT2D eigenvalue weighted by Gasteiger charge is -2.36. The maximum atomic E-state index is 12.5. The monoisotopic (exact) mass is 283 g/mol. The second-order valence-electron chi connectivity index (χ2n) is 6.63. The van der Waals surface area contributed by atoms with Crippen LogP contribution < -0.4 is 11.1 Å². The first kappa shape index (κ1) is 17.4. The van der Waals surface area contributed by atoms with Gasteiger partial charge in [-0.1, -0.05) is 27.7 Å². The summed E-state index contributed by atoms with van der Waals surface area (Å²) in [5, 5.41) is 3.24. The van der Waals surface area contributed by atoms with E-state index < -0.39 is 0 Å². The van der Waals surface area contributed by atoms with E-state index in [0.717, 1.165) is 45.3 Å². The van der Waals surface area contributed by atoms with E-state index in [1.807, 2.05) is 0 Å². The molecule has 20 heavy (non-hydrogen) atoms. The number of rotatable bonds is 7. The van der Waals surface area contributed by atoms with Crippen LogP contribution in [0.15, 0.2) is 0 Å². The molecule has 0 spiro atoms. The first-order valence-corrected chi connectivity index (χ1v) is 8.20. The maximum Gasteiger partial charge on any atom is 0.227 e. The van der Waals surface area contributed by atoms with Gasteiger partial charge < -0.3 is 16.0 Å². The van der Waals surface area contributed by atoms with E-state index in [1.54, 1.807) is 0 Å². The fourth-order valence-electron chi connectivity index (χ4n) is 3.07. The smallest absolute Gasteiger partial charge is 0.227 e. The summed E-state index contributed by atoms with van der Waals surface area (Å²) in [6.45, 7) is 12.4. The zero-order valence-corrected chi connectivity index (χ0v) is 13.7. The van der Waals surface area contributed by atoms with Crippen LogP contribution in [-0.2, 0) is 4.79 Å². The van der Waals surface area contributed by atoms with Crippen molar-refractivity contribution in [2.45, 2.75) is 59.4 Å². The molecule has 0 saturated carbocycles. The highest BCUT2D eigenvalue weighted by atomic mass is 16.2. The van der Waals surface area contributed by atoms with Crippen molar-refractivity contribution in [3.05, 3.63) is 0 Å². The lowest BCUT2D eigenvalue weighted by Crippen LogP contribution is -2.52. The van der Waals surface area contributed by atoms with Gasteiger partial charge >= 0.3 is 0 Å². The van der Waals surface area contributed by atoms with E-state index in [-0.39, 0.29) is 11.3 Å². The molecule has 1 heterocycles. The van der Waals surface area contributed by atoms with Gasteiger partial charge in [0.25, 0.3) is 0 Å². The van der Waals surface area contributed by atoms with Gasteiger partial charge in [-0.15, -0.1) is 0 Å². The molecule has 1 aliphatic rings. The summed E-state index contributed by atoms with van der Waals surface area (Å²) in [7, 11) is 0. The Kier molecular flexibility index (Phi) is 6.96. The number of piperidine rings is 1. The molecule has 118 valence electrons. The van der Waals surface area contributed by atoms with Gasteiger partial charge in [0.1, 0.15) is 0 Å². The molecule has 0 aromatic carbocycles. The van der Waals surface area contributed by atoms with Gasteiger partial charge in [-0.2, -0.15) is 0 Å². The molecule has 1 rings (SSSR count). The summed E-state index contributed by atoms with van der Waals surface area (Å²) in [6.07, 6.45) is 3.76. The summed E-state index contributed by atoms with van der Waals surface area (Å²) in [5.74, 6) is 0.874. The topological polar surface area (TPSA) is 58.4 Å². The number of nitrogens with zero attached hydrogens (tertiary/aromatic N) is 1. The molecule has 0 unspecified atom stereocenters. The maximum absolute atomic E-state index is 12.5. The molecule has 0 radical (unpaired) electrons. The molecule has 3 N–H and O–H groups in total. The van der Waals surface area contributed by atoms with Crippen LogP contribution in [0, 0.1) is 11.3 Å². The second-order valence-corrected chi connectivity index (χ2v) is 6.63. The lowest BCUT2D eigenvalue weighted by atomic mass is 9.81. The van der Waals surface area contributed by atoms with Gasteiger partial charge in [0.15, 0.2) is 0 Å². The van der Waals surface area contributed by atoms with Crippen molar-refractivity contribution in [3.63, 3.8) is 0 Å². The molecule has 0 aromatic rings. The largest absolute Gasteiger partial charge is 0.353 e. The molecule has 1 amide bonds. The van der Waals surface area contributed by atoms with Crippen molar-refractivity contribution >= 4 is 5.91 Å². The summed E-state index contributed by atoms with van der Waals surface area (Å²) in [5.41, 5.74) is 5.48. The molecule has 1 fully saturated rings. The minimum absolute atomic E-state index is 0.160. The third-order valence-electron chi connectivity index (χ3n) is 4.77. The SMILES string of the molecule is CCC(CC)(CN)C(=O)NC1CCN(CC(C)C)CC1. The fraction of sp³-hybridized carbons (Fsp3) is 0.938. The summed E-state index contributed by atoms with van der Waals surface area (Å²) in [6, 6.07) is 0.329. The number of carbonyl (C=O) groups is 1. The van der Waals surface area contributed by atoms with Crippen LogP contribution in [0.5, 0.6) is 0 Å². The van der Waals surface area contributed by atoms with Crippen molar-refractivity contribution in [3.8, 4) is 0 Å². The number of hydrogen-bond acceptors (Lipinski definition) is 3. The van der Waals surface area contributed by atoms with Crippen molar-refractivity contribution < 1.29 is 4.79 Å². The number of amides is 1. The third kappa shape index (κ3) is 4.45. The Morgan fingerprint density at radius 1 is 1.30 bits per heavy atom. The van der Waals surface area contributed by atoms with Gasteiger partial charge in [0, 0.05) is 32.2 Å². The van der Waals surface area contributed by atoms with Crippen LogP contribution in [-0.4, -0.2) is 43.0 Å². The average Bonchev–Trinajstić information content (AvgIpc) is 2.43. The van der Waals surface area contributed by atoms with E-state index in [0.29, 0.717) is 18.5 Å². The first-order chi connectivity index (χ1) is 9.47. The molecule has 4 nitrogen and oxygen atoms in total. The molecular weight excluding hydrogens is 250 g/mol. The van der Waals surface area contributed by atoms with E-state index in [1.165, 1.54) is 0 Å². The van der Waals surface area contributed by atoms with Crippen molar-refractivity contribution in [2.24, 2.45) is 17.1 Å². The third-order valence-corrected chi connectivity index (χ3v) is 4.77. The van der Waals surface area contributed by atoms with Gasteiger partial charge in [-0.3, -0.25) is 4.79 Å². The Hall–Kier alpha value is -0.610. The Morgan fingerprint density at radius 2 is 1.85 bits per heavy atom. The minimum atomic E-state index is -0.366. The number of carbonyl (C=O) groups excluding carboxylic acids is 1. The quantitative estimate of drug-likeness (QED) is 0.751. The predicted octanol–water partition coefficient (Wildman–Crippen LogP) is 1.99. The van der Waals surface area contributed by atoms with Crippen molar-refractivity contribution in [1.29, 1.82) is 0 Å². The van der Waals surface area contributed by atoms with Gasteiger partial charge in [0.2, 0.25) is 5.91 Å². The molecular formula is C16H33N3O. The van der Waals surface area contributed by atoms with Crippen LogP contribution in [0.25, 0.3) is 0 Å². The normalized spacial score (nSPS) is 18.5. The van der Waals surface area contributed by atoms with Crippen LogP contribution in [0.4, 0.5) is 0 Å². The van der Waals surface area contributed by atoms with Crippen LogP contribution >= 0.6 is 0 Å². The Labute approximate surface area is 124 Å². The Morgan fingerprint density at radius 3 is 2.25 bits per heavy atom. The Balaban J connectivity index is 2.45. The van der Waals surface area contributed by atoms with Crippen molar-refractivity contribution in [2.75, 3.05) is 26.2 Å². The Bertz CT molecular complexity index is 284. The number of nitrogens with one attached hydrogen (secondary N) is 1. The van der Waals surface area contributed by atoms with Gasteiger partial charge in [-0.25, -0.2) is 0 Å². The van der Waals surface area contributed by atoms with Crippen LogP contribution in [0.1, 0.15) is 53.4 Å². The minimum Gasteiger partial charge on any atom is -0.353 e. The van der Waals surface area contributed by atoms with E-state index >= 15 is 0 Å². The zero-order valence-electron chi connectivity index (χ0n) is 13.7. The predicted molar refractivity (Wildman–Crippen MR) is 84.5 cm³/mol. The molecule has 1 saturated heterocycles. The molecule has 0 aromatic heterocycles. The lowest BCUT2D eigenvalue weighted by molar-refractivity contribution is -0.132. The average molecular weight is 283 g/mol. The zero-order chi connectivity index (χ0) is 15.2. The summed E-state index contributed by atoms with van der Waals surface area (Å²) < 4.78 is 0. The summed E-state index contributed by atoms with van der Waals surface area (Å²) >= 11 is 0. The number of hydrogen-bond donors (Lipinski definition) is 2. The number of nitrogens with two attached hydrogens (primary N) is 1. The highest BCUT2D eigenvalue weighted by molar-refractivity contribution is 5.83. The molecule has 4 heteroatoms. The van der Waals surface area contributed by atoms with Gasteiger partial charge in [0.05, 0.1) is 5.41 Å². The van der Waals surface area contributed by atoms with Gasteiger partial charge in [-0.05, 0) is 31.6 Å². The first-order valence-electron chi connectivity index (χ1n) is 8.20. The standard InChI is InChI=1S/C16H33N3O/c1-5-16(6-2,12-17)15(20)18-14-7-9-19(10-8-14)11-13(3)4/h13-14H,5-12,17H2,1-4H3,(H,18,20). The molecule has 0 atom stereocenters. The fourth-order valence-corrected chi connectivity index (χ4v) is 3.07. The highest BCUT2D eigenvalue weighted by Crippen LogP contribution is 2.26. The van der Waals surface area contributed by atoms with Crippen molar-refractivity contribution in [1.82, 2.24) is 10.2 Å². The second kappa shape index (κ2) is 7.99. The van der Waals surface area contributed by atoms with E-state index in [9.17, 15) is 4.79 Å². The van der Waals surface area contributed by atoms with E-state index in [2.05, 4.69) is 37.9 Å². The van der Waals surface area contributed by atoms with E-state index in [4.69, 9.17) is 5.73 Å². The molecule has 1 aliphatic heterocycles. The summed E-state index contributed by atoms with van der Waals surface area (Å²) in [4.78, 5) is 15.0. The highest BCUT2D eigenvalue weighted by Gasteiger charge is 2.35. The molecule has 0 bridgehead atoms. The molecule has 0 aliphatic carbocycles. The van der Waals surface area contributed by atoms with Crippen LogP contribution in [0.2, 0.25) is 0 Å².